The van der Waals surface area contributed by atoms with Crippen molar-refractivity contribution in [2.24, 2.45) is 0 Å². The maximum Gasteiger partial charge on any atom is 0.331 e. The molecule has 0 saturated heterocycles. The number of nitrogens with zero attached hydrogens (tertiary/aromatic N) is 1. The second kappa shape index (κ2) is 9.08. The highest BCUT2D eigenvalue weighted by molar-refractivity contribution is 6.04. The lowest BCUT2D eigenvalue weighted by Gasteiger charge is -2.19. The Kier molecular flexibility index (Phi) is 6.49. The molecule has 0 aliphatic rings. The van der Waals surface area contributed by atoms with Crippen molar-refractivity contribution in [1.82, 2.24) is 4.98 Å². The van der Waals surface area contributed by atoms with E-state index in [-0.39, 0.29) is 0 Å². The minimum Gasteiger partial charge on any atom is -0.493 e. The van der Waals surface area contributed by atoms with Crippen LogP contribution in [0.15, 0.2) is 48.7 Å². The van der Waals surface area contributed by atoms with E-state index in [0.29, 0.717) is 28.5 Å². The Morgan fingerprint density at radius 2 is 1.65 bits per heavy atom. The van der Waals surface area contributed by atoms with E-state index in [1.165, 1.54) is 6.08 Å². The molecular weight excluding hydrogens is 394 g/mol. The SMILES string of the molecule is COc1cc2cnc(-c3ccccc3)c(/C=C/C(=O)OC(C)(C)C)c2c(OC)c1OC. The molecule has 0 aliphatic carbocycles. The molecule has 0 fully saturated rings. The predicted molar refractivity (Wildman–Crippen MR) is 122 cm³/mol. The maximum atomic E-state index is 12.4. The Labute approximate surface area is 182 Å². The lowest BCUT2D eigenvalue weighted by Crippen LogP contribution is -2.22. The van der Waals surface area contributed by atoms with Crippen molar-refractivity contribution < 1.29 is 23.7 Å². The van der Waals surface area contributed by atoms with Gasteiger partial charge in [0.15, 0.2) is 11.5 Å². The van der Waals surface area contributed by atoms with Gasteiger partial charge in [0.1, 0.15) is 5.60 Å². The fraction of sp³-hybridized carbons (Fsp3) is 0.280. The third-order valence-corrected chi connectivity index (χ3v) is 4.56. The summed E-state index contributed by atoms with van der Waals surface area (Å²) in [6, 6.07) is 11.6. The highest BCUT2D eigenvalue weighted by Crippen LogP contribution is 2.46. The predicted octanol–water partition coefficient (Wildman–Crippen LogP) is 5.28. The molecule has 0 spiro atoms. The molecule has 0 amide bonds. The molecule has 31 heavy (non-hydrogen) atoms. The molecule has 1 heterocycles. The molecule has 162 valence electrons. The summed E-state index contributed by atoms with van der Waals surface area (Å²) >= 11 is 0. The Hall–Kier alpha value is -3.54. The van der Waals surface area contributed by atoms with Gasteiger partial charge in [0.2, 0.25) is 5.75 Å². The molecule has 6 heteroatoms. The molecule has 0 atom stereocenters. The summed E-state index contributed by atoms with van der Waals surface area (Å²) in [4.78, 5) is 17.1. The number of ether oxygens (including phenoxy) is 4. The number of esters is 1. The van der Waals surface area contributed by atoms with Gasteiger partial charge in [-0.25, -0.2) is 4.79 Å². The standard InChI is InChI=1S/C25H27NO5/c1-25(2,3)31-20(27)13-12-18-21-17(14-19(28-4)23(29-5)24(21)30-6)15-26-22(18)16-10-8-7-9-11-16/h7-15H,1-6H3/b13-12+. The van der Waals surface area contributed by atoms with Crippen molar-refractivity contribution in [3.8, 4) is 28.5 Å². The van der Waals surface area contributed by atoms with Crippen LogP contribution >= 0.6 is 0 Å². The molecule has 0 bridgehead atoms. The van der Waals surface area contributed by atoms with Crippen LogP contribution in [0.5, 0.6) is 17.2 Å². The molecule has 0 aliphatic heterocycles. The fourth-order valence-electron chi connectivity index (χ4n) is 3.35. The summed E-state index contributed by atoms with van der Waals surface area (Å²) in [7, 11) is 4.70. The van der Waals surface area contributed by atoms with Gasteiger partial charge in [-0.05, 0) is 32.9 Å². The number of carbonyl (C=O) groups excluding carboxylic acids is 1. The van der Waals surface area contributed by atoms with Crippen molar-refractivity contribution in [2.75, 3.05) is 21.3 Å². The topological polar surface area (TPSA) is 66.9 Å². The summed E-state index contributed by atoms with van der Waals surface area (Å²) in [6.45, 7) is 5.48. The summed E-state index contributed by atoms with van der Waals surface area (Å²) in [5, 5.41) is 1.55. The van der Waals surface area contributed by atoms with Crippen LogP contribution in [-0.4, -0.2) is 37.9 Å². The molecule has 1 aromatic heterocycles. The number of methoxy groups -OCH3 is 3. The highest BCUT2D eigenvalue weighted by Gasteiger charge is 2.21. The van der Waals surface area contributed by atoms with E-state index in [1.807, 2.05) is 57.2 Å². The number of pyridine rings is 1. The number of aromatic nitrogens is 1. The van der Waals surface area contributed by atoms with Gasteiger partial charge in [0, 0.05) is 34.2 Å². The van der Waals surface area contributed by atoms with Gasteiger partial charge in [0.05, 0.1) is 27.0 Å². The van der Waals surface area contributed by atoms with Crippen LogP contribution in [0.25, 0.3) is 28.1 Å². The molecule has 3 rings (SSSR count). The van der Waals surface area contributed by atoms with Gasteiger partial charge in [-0.3, -0.25) is 4.98 Å². The summed E-state index contributed by atoms with van der Waals surface area (Å²) in [5.74, 6) is 1.06. The van der Waals surface area contributed by atoms with Crippen LogP contribution in [0.1, 0.15) is 26.3 Å². The Morgan fingerprint density at radius 1 is 0.968 bits per heavy atom. The van der Waals surface area contributed by atoms with Crippen LogP contribution in [0.4, 0.5) is 0 Å². The lowest BCUT2D eigenvalue weighted by atomic mass is 9.98. The van der Waals surface area contributed by atoms with E-state index in [2.05, 4.69) is 4.98 Å². The first kappa shape index (κ1) is 22.2. The average molecular weight is 421 g/mol. The minimum absolute atomic E-state index is 0.442. The van der Waals surface area contributed by atoms with Crippen LogP contribution in [-0.2, 0) is 9.53 Å². The second-order valence-corrected chi connectivity index (χ2v) is 7.86. The van der Waals surface area contributed by atoms with Gasteiger partial charge < -0.3 is 18.9 Å². The normalized spacial score (nSPS) is 11.5. The number of carbonyl (C=O) groups is 1. The third-order valence-electron chi connectivity index (χ3n) is 4.56. The zero-order valence-electron chi connectivity index (χ0n) is 18.7. The molecule has 0 saturated carbocycles. The molecular formula is C25H27NO5. The van der Waals surface area contributed by atoms with E-state index in [9.17, 15) is 4.79 Å². The third kappa shape index (κ3) is 4.79. The zero-order chi connectivity index (χ0) is 22.6. The van der Waals surface area contributed by atoms with E-state index in [1.54, 1.807) is 33.6 Å². The van der Waals surface area contributed by atoms with E-state index in [4.69, 9.17) is 18.9 Å². The molecule has 0 N–H and O–H groups in total. The molecule has 3 aromatic rings. The highest BCUT2D eigenvalue weighted by atomic mass is 16.6. The van der Waals surface area contributed by atoms with Gasteiger partial charge in [-0.2, -0.15) is 0 Å². The monoisotopic (exact) mass is 421 g/mol. The molecule has 0 radical (unpaired) electrons. The zero-order valence-corrected chi connectivity index (χ0v) is 18.7. The Morgan fingerprint density at radius 3 is 2.23 bits per heavy atom. The molecule has 6 nitrogen and oxygen atoms in total. The minimum atomic E-state index is -0.588. The Balaban J connectivity index is 2.32. The summed E-state index contributed by atoms with van der Waals surface area (Å²) in [6.07, 6.45) is 4.87. The van der Waals surface area contributed by atoms with Crippen molar-refractivity contribution in [1.29, 1.82) is 0 Å². The number of fused-ring (bicyclic) bond motifs is 1. The first-order valence-corrected chi connectivity index (χ1v) is 9.87. The number of hydrogen-bond acceptors (Lipinski definition) is 6. The maximum absolute atomic E-state index is 12.4. The first-order chi connectivity index (χ1) is 14.8. The second-order valence-electron chi connectivity index (χ2n) is 7.86. The van der Waals surface area contributed by atoms with Gasteiger partial charge in [-0.15, -0.1) is 0 Å². The largest absolute Gasteiger partial charge is 0.493 e. The number of benzene rings is 2. The molecule has 0 unspecified atom stereocenters. The van der Waals surface area contributed by atoms with E-state index < -0.39 is 11.6 Å². The van der Waals surface area contributed by atoms with Crippen LogP contribution in [0.3, 0.4) is 0 Å². The number of rotatable bonds is 6. The van der Waals surface area contributed by atoms with Crippen LogP contribution in [0.2, 0.25) is 0 Å². The van der Waals surface area contributed by atoms with Crippen LogP contribution < -0.4 is 14.2 Å². The van der Waals surface area contributed by atoms with Crippen molar-refractivity contribution in [2.45, 2.75) is 26.4 Å². The average Bonchev–Trinajstić information content (AvgIpc) is 2.75. The fourth-order valence-corrected chi connectivity index (χ4v) is 3.35. The first-order valence-electron chi connectivity index (χ1n) is 9.87. The van der Waals surface area contributed by atoms with Gasteiger partial charge in [-0.1, -0.05) is 30.3 Å². The van der Waals surface area contributed by atoms with Gasteiger partial charge >= 0.3 is 5.97 Å². The van der Waals surface area contributed by atoms with Crippen molar-refractivity contribution in [3.05, 3.63) is 54.2 Å². The molecule has 2 aromatic carbocycles. The number of hydrogen-bond donors (Lipinski definition) is 0. The summed E-state index contributed by atoms with van der Waals surface area (Å²) < 4.78 is 22.2. The van der Waals surface area contributed by atoms with Crippen LogP contribution in [0, 0.1) is 0 Å². The Bertz CT molecular complexity index is 1110. The smallest absolute Gasteiger partial charge is 0.331 e. The van der Waals surface area contributed by atoms with Crippen molar-refractivity contribution in [3.63, 3.8) is 0 Å². The van der Waals surface area contributed by atoms with E-state index >= 15 is 0 Å². The van der Waals surface area contributed by atoms with Crippen molar-refractivity contribution >= 4 is 22.8 Å². The summed E-state index contributed by atoms with van der Waals surface area (Å²) in [5.41, 5.74) is 1.74. The van der Waals surface area contributed by atoms with Gasteiger partial charge in [0.25, 0.3) is 0 Å². The lowest BCUT2D eigenvalue weighted by molar-refractivity contribution is -0.148. The quantitative estimate of drug-likeness (QED) is 0.398. The van der Waals surface area contributed by atoms with E-state index in [0.717, 1.165) is 16.3 Å².